The van der Waals surface area contributed by atoms with Gasteiger partial charge in [0.25, 0.3) is 5.78 Å². The monoisotopic (exact) mass is 554 g/mol. The van der Waals surface area contributed by atoms with Crippen LogP contribution in [0.25, 0.3) is 5.78 Å². The van der Waals surface area contributed by atoms with Crippen LogP contribution in [0.4, 0.5) is 8.78 Å². The van der Waals surface area contributed by atoms with E-state index in [0.29, 0.717) is 16.5 Å². The van der Waals surface area contributed by atoms with Crippen molar-refractivity contribution in [1.29, 1.82) is 0 Å². The lowest BCUT2D eigenvalue weighted by Crippen LogP contribution is -2.46. The highest BCUT2D eigenvalue weighted by Crippen LogP contribution is 2.20. The number of carbonyl (C=O) groups is 1. The molecule has 11 heteroatoms. The van der Waals surface area contributed by atoms with Gasteiger partial charge < -0.3 is 15.7 Å². The number of nitrogens with zero attached hydrogens (tertiary/aromatic N) is 5. The molecule has 0 saturated heterocycles. The highest BCUT2D eigenvalue weighted by Gasteiger charge is 2.24. The third-order valence-corrected chi connectivity index (χ3v) is 7.32. The minimum Gasteiger partial charge on any atom is -0.390 e. The normalized spacial score (nSPS) is 13.0. The second-order valence-electron chi connectivity index (χ2n) is 9.61. The largest absolute Gasteiger partial charge is 0.390 e. The Bertz CT molecular complexity index is 1440. The summed E-state index contributed by atoms with van der Waals surface area (Å²) in [7, 11) is 0. The van der Waals surface area contributed by atoms with E-state index in [-0.39, 0.29) is 31.2 Å². The number of hydrogen-bond acceptors (Lipinski definition) is 7. The standard InChI is InChI=1S/C28H32F2N6O2S/c1-4-19-6-5-7-20(9-19)14-35(15-25(37)24(31)12-21-10-22(29)13-23(30)11-21)26(38)16-39-28-34-33-27-32-17(2)8-18(3)36(27)28/h5-11,13,24-25,37H,4,12,14-16,31H2,1-3H3. The molecule has 0 saturated carbocycles. The maximum atomic E-state index is 13.6. The number of aliphatic hydroxyl groups excluding tert-OH is 1. The summed E-state index contributed by atoms with van der Waals surface area (Å²) < 4.78 is 29.1. The highest BCUT2D eigenvalue weighted by atomic mass is 32.2. The molecule has 4 aromatic rings. The zero-order chi connectivity index (χ0) is 28.1. The van der Waals surface area contributed by atoms with Crippen LogP contribution < -0.4 is 5.73 Å². The van der Waals surface area contributed by atoms with Crippen molar-refractivity contribution in [2.24, 2.45) is 5.73 Å². The lowest BCUT2D eigenvalue weighted by atomic mass is 10.0. The average Bonchev–Trinajstić information content (AvgIpc) is 3.29. The number of benzene rings is 2. The van der Waals surface area contributed by atoms with E-state index in [2.05, 4.69) is 22.1 Å². The summed E-state index contributed by atoms with van der Waals surface area (Å²) in [5.41, 5.74) is 10.3. The number of carbonyl (C=O) groups excluding carboxylic acids is 1. The van der Waals surface area contributed by atoms with E-state index in [1.165, 1.54) is 23.9 Å². The fourth-order valence-corrected chi connectivity index (χ4v) is 5.32. The molecule has 2 atom stereocenters. The highest BCUT2D eigenvalue weighted by molar-refractivity contribution is 7.99. The van der Waals surface area contributed by atoms with Crippen molar-refractivity contribution >= 4 is 23.4 Å². The molecule has 0 aliphatic rings. The van der Waals surface area contributed by atoms with E-state index in [4.69, 9.17) is 5.73 Å². The molecule has 2 heterocycles. The van der Waals surface area contributed by atoms with E-state index < -0.39 is 23.8 Å². The molecule has 0 bridgehead atoms. The topological polar surface area (TPSA) is 110 Å². The Hall–Kier alpha value is -3.41. The van der Waals surface area contributed by atoms with Crippen LogP contribution in [0, 0.1) is 25.5 Å². The predicted octanol–water partition coefficient (Wildman–Crippen LogP) is 3.63. The van der Waals surface area contributed by atoms with Gasteiger partial charge in [0.05, 0.1) is 11.9 Å². The zero-order valence-electron chi connectivity index (χ0n) is 22.1. The molecule has 0 fully saturated rings. The van der Waals surface area contributed by atoms with Crippen molar-refractivity contribution in [3.05, 3.63) is 88.2 Å². The molecule has 4 rings (SSSR count). The van der Waals surface area contributed by atoms with Crippen molar-refractivity contribution in [2.75, 3.05) is 12.3 Å². The number of rotatable bonds is 11. The first kappa shape index (κ1) is 28.6. The first-order valence-electron chi connectivity index (χ1n) is 12.7. The van der Waals surface area contributed by atoms with E-state index >= 15 is 0 Å². The molecular weight excluding hydrogens is 522 g/mol. The fraction of sp³-hybridized carbons (Fsp3) is 0.357. The van der Waals surface area contributed by atoms with Crippen LogP contribution in [0.15, 0.2) is 53.7 Å². The van der Waals surface area contributed by atoms with Crippen molar-refractivity contribution < 1.29 is 18.7 Å². The average molecular weight is 555 g/mol. The van der Waals surface area contributed by atoms with Crippen LogP contribution in [-0.2, 0) is 24.2 Å². The van der Waals surface area contributed by atoms with Crippen LogP contribution >= 0.6 is 11.8 Å². The number of aromatic nitrogens is 4. The van der Waals surface area contributed by atoms with Crippen molar-refractivity contribution in [2.45, 2.75) is 57.5 Å². The maximum Gasteiger partial charge on any atom is 0.256 e. The summed E-state index contributed by atoms with van der Waals surface area (Å²) in [5, 5.41) is 19.8. The number of aliphatic hydroxyl groups is 1. The third kappa shape index (κ3) is 7.37. The van der Waals surface area contributed by atoms with Gasteiger partial charge in [-0.05, 0) is 61.6 Å². The van der Waals surface area contributed by atoms with Gasteiger partial charge in [-0.2, -0.15) is 0 Å². The van der Waals surface area contributed by atoms with Gasteiger partial charge in [-0.25, -0.2) is 13.8 Å². The summed E-state index contributed by atoms with van der Waals surface area (Å²) in [6, 6.07) is 12.1. The van der Waals surface area contributed by atoms with E-state index in [1.807, 2.05) is 44.2 Å². The summed E-state index contributed by atoms with van der Waals surface area (Å²) in [6.07, 6.45) is -0.222. The molecule has 2 unspecified atom stereocenters. The molecule has 0 aliphatic carbocycles. The smallest absolute Gasteiger partial charge is 0.256 e. The van der Waals surface area contributed by atoms with Gasteiger partial charge in [-0.15, -0.1) is 10.2 Å². The second kappa shape index (κ2) is 12.6. The Labute approximate surface area is 230 Å². The Morgan fingerprint density at radius 3 is 2.51 bits per heavy atom. The van der Waals surface area contributed by atoms with Crippen LogP contribution in [-0.4, -0.2) is 59.9 Å². The van der Waals surface area contributed by atoms with Gasteiger partial charge in [-0.3, -0.25) is 9.20 Å². The summed E-state index contributed by atoms with van der Waals surface area (Å²) in [4.78, 5) is 19.4. The first-order valence-corrected chi connectivity index (χ1v) is 13.7. The molecule has 8 nitrogen and oxygen atoms in total. The third-order valence-electron chi connectivity index (χ3n) is 6.41. The minimum absolute atomic E-state index is 0.0466. The van der Waals surface area contributed by atoms with Crippen molar-refractivity contribution in [3.8, 4) is 0 Å². The molecule has 206 valence electrons. The lowest BCUT2D eigenvalue weighted by molar-refractivity contribution is -0.130. The fourth-order valence-electron chi connectivity index (χ4n) is 4.43. The first-order chi connectivity index (χ1) is 18.6. The molecule has 0 aliphatic heterocycles. The number of aryl methyl sites for hydroxylation is 3. The molecule has 2 aromatic carbocycles. The number of nitrogens with two attached hydrogens (primary N) is 1. The van der Waals surface area contributed by atoms with Gasteiger partial charge in [0, 0.05) is 36.6 Å². The number of hydrogen-bond donors (Lipinski definition) is 2. The second-order valence-corrected chi connectivity index (χ2v) is 10.5. The molecule has 0 radical (unpaired) electrons. The zero-order valence-corrected chi connectivity index (χ0v) is 23.0. The minimum atomic E-state index is -1.12. The quantitative estimate of drug-likeness (QED) is 0.273. The SMILES string of the molecule is CCc1cccc(CN(CC(O)C(N)Cc2cc(F)cc(F)c2)C(=O)CSc2nnc3nc(C)cc(C)n23)c1. The van der Waals surface area contributed by atoms with E-state index in [9.17, 15) is 18.7 Å². The molecule has 0 spiro atoms. The van der Waals surface area contributed by atoms with E-state index in [0.717, 1.165) is 35.0 Å². The number of fused-ring (bicyclic) bond motifs is 1. The van der Waals surface area contributed by atoms with Crippen molar-refractivity contribution in [3.63, 3.8) is 0 Å². The molecule has 2 aromatic heterocycles. The molecule has 3 N–H and O–H groups in total. The van der Waals surface area contributed by atoms with Gasteiger partial charge >= 0.3 is 0 Å². The summed E-state index contributed by atoms with van der Waals surface area (Å²) in [5.74, 6) is -1.13. The summed E-state index contributed by atoms with van der Waals surface area (Å²) >= 11 is 1.23. The van der Waals surface area contributed by atoms with E-state index in [1.54, 1.807) is 9.30 Å². The van der Waals surface area contributed by atoms with Crippen LogP contribution in [0.1, 0.15) is 35.0 Å². The number of thioether (sulfide) groups is 1. The van der Waals surface area contributed by atoms with Crippen molar-refractivity contribution in [1.82, 2.24) is 24.5 Å². The molecule has 39 heavy (non-hydrogen) atoms. The number of halogens is 2. The van der Waals surface area contributed by atoms with Crippen LogP contribution in [0.3, 0.4) is 0 Å². The van der Waals surface area contributed by atoms with Gasteiger partial charge in [0.15, 0.2) is 5.16 Å². The molecular formula is C28H32F2N6O2S. The Morgan fingerprint density at radius 1 is 1.08 bits per heavy atom. The maximum absolute atomic E-state index is 13.6. The Kier molecular flexibility index (Phi) is 9.26. The lowest BCUT2D eigenvalue weighted by Gasteiger charge is -2.28. The van der Waals surface area contributed by atoms with Crippen LogP contribution in [0.5, 0.6) is 0 Å². The predicted molar refractivity (Wildman–Crippen MR) is 146 cm³/mol. The van der Waals surface area contributed by atoms with Gasteiger partial charge in [0.2, 0.25) is 5.91 Å². The molecule has 1 amide bonds. The Morgan fingerprint density at radius 2 is 1.79 bits per heavy atom. The summed E-state index contributed by atoms with van der Waals surface area (Å²) in [6.45, 7) is 6.08. The Balaban J connectivity index is 1.50. The van der Waals surface area contributed by atoms with Gasteiger partial charge in [-0.1, -0.05) is 43.0 Å². The van der Waals surface area contributed by atoms with Crippen LogP contribution in [0.2, 0.25) is 0 Å². The number of amides is 1. The van der Waals surface area contributed by atoms with Gasteiger partial charge in [0.1, 0.15) is 11.6 Å².